The standard InChI is InChI=1S/C24H26O8/c1-14-10-17(20(25)8-9-21(26)29-3)11-15(2)22(14)32-13-16-6-7-18(23(27)30-4)19(12-16)24(28)31-5/h6-7,10-12H,8-9,13H2,1-5H3. The maximum absolute atomic E-state index is 12.4. The molecule has 2 rings (SSSR count). The van der Waals surface area contributed by atoms with Crippen LogP contribution >= 0.6 is 0 Å². The number of esters is 3. The number of ether oxygens (including phenoxy) is 4. The Kier molecular flexibility index (Phi) is 8.52. The van der Waals surface area contributed by atoms with E-state index in [0.717, 1.165) is 11.1 Å². The fraction of sp³-hybridized carbons (Fsp3) is 0.333. The second-order valence-electron chi connectivity index (χ2n) is 7.09. The van der Waals surface area contributed by atoms with E-state index in [1.165, 1.54) is 33.5 Å². The molecule has 0 aromatic heterocycles. The molecule has 0 atom stereocenters. The maximum Gasteiger partial charge on any atom is 0.338 e. The van der Waals surface area contributed by atoms with E-state index in [2.05, 4.69) is 4.74 Å². The number of Topliss-reactive ketones (excluding diaryl/α,β-unsaturated/α-hetero) is 1. The molecular formula is C24H26O8. The number of aryl methyl sites for hydroxylation is 2. The maximum atomic E-state index is 12.4. The normalized spacial score (nSPS) is 10.3. The monoisotopic (exact) mass is 442 g/mol. The molecule has 32 heavy (non-hydrogen) atoms. The SMILES string of the molecule is COC(=O)CCC(=O)c1cc(C)c(OCc2ccc(C(=O)OC)c(C(=O)OC)c2)c(C)c1. The van der Waals surface area contributed by atoms with Crippen LogP contribution in [0.3, 0.4) is 0 Å². The first-order valence-corrected chi connectivity index (χ1v) is 9.85. The highest BCUT2D eigenvalue weighted by Gasteiger charge is 2.19. The van der Waals surface area contributed by atoms with Crippen molar-refractivity contribution in [2.24, 2.45) is 0 Å². The van der Waals surface area contributed by atoms with Crippen LogP contribution in [-0.4, -0.2) is 45.0 Å². The van der Waals surface area contributed by atoms with Crippen LogP contribution in [0.4, 0.5) is 0 Å². The number of carbonyl (C=O) groups excluding carboxylic acids is 4. The van der Waals surface area contributed by atoms with Crippen molar-refractivity contribution in [2.75, 3.05) is 21.3 Å². The van der Waals surface area contributed by atoms with Gasteiger partial charge in [-0.2, -0.15) is 0 Å². The second-order valence-corrected chi connectivity index (χ2v) is 7.09. The van der Waals surface area contributed by atoms with Gasteiger partial charge in [0.05, 0.1) is 38.9 Å². The van der Waals surface area contributed by atoms with Crippen molar-refractivity contribution in [3.05, 3.63) is 63.7 Å². The third-order valence-electron chi connectivity index (χ3n) is 4.84. The van der Waals surface area contributed by atoms with Gasteiger partial charge in [-0.25, -0.2) is 9.59 Å². The summed E-state index contributed by atoms with van der Waals surface area (Å²) in [4.78, 5) is 47.6. The van der Waals surface area contributed by atoms with Crippen LogP contribution in [0.1, 0.15) is 60.6 Å². The summed E-state index contributed by atoms with van der Waals surface area (Å²) in [5.74, 6) is -1.29. The predicted molar refractivity (Wildman–Crippen MR) is 115 cm³/mol. The van der Waals surface area contributed by atoms with Gasteiger partial charge in [0.25, 0.3) is 0 Å². The van der Waals surface area contributed by atoms with Crippen LogP contribution in [0.25, 0.3) is 0 Å². The third-order valence-corrected chi connectivity index (χ3v) is 4.84. The lowest BCUT2D eigenvalue weighted by atomic mass is 10.0. The third kappa shape index (κ3) is 5.94. The molecule has 2 aromatic rings. The number of carbonyl (C=O) groups is 4. The summed E-state index contributed by atoms with van der Waals surface area (Å²) in [6.45, 7) is 3.77. The molecule has 0 bridgehead atoms. The van der Waals surface area contributed by atoms with Crippen LogP contribution in [0, 0.1) is 13.8 Å². The Morgan fingerprint density at radius 2 is 1.34 bits per heavy atom. The van der Waals surface area contributed by atoms with Crippen LogP contribution in [0.5, 0.6) is 5.75 Å². The number of ketones is 1. The molecule has 0 aliphatic carbocycles. The molecule has 2 aromatic carbocycles. The van der Waals surface area contributed by atoms with E-state index in [0.29, 0.717) is 16.9 Å². The van der Waals surface area contributed by atoms with Gasteiger partial charge in [-0.3, -0.25) is 9.59 Å². The summed E-state index contributed by atoms with van der Waals surface area (Å²) in [5, 5.41) is 0. The zero-order valence-corrected chi connectivity index (χ0v) is 18.8. The number of hydrogen-bond acceptors (Lipinski definition) is 8. The minimum Gasteiger partial charge on any atom is -0.488 e. The Morgan fingerprint density at radius 1 is 0.750 bits per heavy atom. The van der Waals surface area contributed by atoms with E-state index >= 15 is 0 Å². The predicted octanol–water partition coefficient (Wildman–Crippen LogP) is 3.59. The second kappa shape index (κ2) is 11.1. The van der Waals surface area contributed by atoms with Crippen LogP contribution in [0.2, 0.25) is 0 Å². The Balaban J connectivity index is 2.20. The van der Waals surface area contributed by atoms with Crippen LogP contribution < -0.4 is 4.74 Å². The Bertz CT molecular complexity index is 1020. The number of hydrogen-bond donors (Lipinski definition) is 0. The van der Waals surface area contributed by atoms with Crippen molar-refractivity contribution in [1.29, 1.82) is 0 Å². The van der Waals surface area contributed by atoms with E-state index in [-0.39, 0.29) is 36.4 Å². The van der Waals surface area contributed by atoms with Crippen molar-refractivity contribution < 1.29 is 38.1 Å². The smallest absolute Gasteiger partial charge is 0.338 e. The average Bonchev–Trinajstić information content (AvgIpc) is 2.80. The molecular weight excluding hydrogens is 416 g/mol. The zero-order chi connectivity index (χ0) is 23.8. The number of benzene rings is 2. The minimum atomic E-state index is -0.658. The van der Waals surface area contributed by atoms with Gasteiger partial charge in [-0.15, -0.1) is 0 Å². The Labute approximate surface area is 186 Å². The van der Waals surface area contributed by atoms with E-state index in [9.17, 15) is 19.2 Å². The van der Waals surface area contributed by atoms with E-state index in [1.54, 1.807) is 18.2 Å². The zero-order valence-electron chi connectivity index (χ0n) is 18.8. The van der Waals surface area contributed by atoms with Crippen molar-refractivity contribution in [3.8, 4) is 5.75 Å². The lowest BCUT2D eigenvalue weighted by Crippen LogP contribution is -2.13. The minimum absolute atomic E-state index is 0.0236. The molecule has 170 valence electrons. The van der Waals surface area contributed by atoms with Gasteiger partial charge in [-0.05, 0) is 54.8 Å². The van der Waals surface area contributed by atoms with Crippen LogP contribution in [-0.2, 0) is 25.6 Å². The summed E-state index contributed by atoms with van der Waals surface area (Å²) in [6, 6.07) is 8.09. The Morgan fingerprint density at radius 3 is 1.91 bits per heavy atom. The summed E-state index contributed by atoms with van der Waals surface area (Å²) >= 11 is 0. The molecule has 0 fully saturated rings. The summed E-state index contributed by atoms with van der Waals surface area (Å²) in [5.41, 5.74) is 2.84. The van der Waals surface area contributed by atoms with Crippen molar-refractivity contribution in [3.63, 3.8) is 0 Å². The van der Waals surface area contributed by atoms with Gasteiger partial charge in [-0.1, -0.05) is 6.07 Å². The average molecular weight is 442 g/mol. The highest BCUT2D eigenvalue weighted by atomic mass is 16.5. The van der Waals surface area contributed by atoms with Gasteiger partial charge in [0.2, 0.25) is 0 Å². The molecule has 0 saturated carbocycles. The lowest BCUT2D eigenvalue weighted by Gasteiger charge is -2.15. The molecule has 0 aliphatic heterocycles. The quantitative estimate of drug-likeness (QED) is 0.330. The molecule has 0 saturated heterocycles. The molecule has 0 amide bonds. The van der Waals surface area contributed by atoms with E-state index < -0.39 is 17.9 Å². The summed E-state index contributed by atoms with van der Waals surface area (Å²) in [6.07, 6.45) is 0.0877. The van der Waals surface area contributed by atoms with Crippen molar-refractivity contribution in [1.82, 2.24) is 0 Å². The summed E-state index contributed by atoms with van der Waals surface area (Å²) in [7, 11) is 3.74. The molecule has 0 unspecified atom stereocenters. The molecule has 0 spiro atoms. The number of methoxy groups -OCH3 is 3. The van der Waals surface area contributed by atoms with Gasteiger partial charge in [0.1, 0.15) is 12.4 Å². The van der Waals surface area contributed by atoms with Gasteiger partial charge >= 0.3 is 17.9 Å². The summed E-state index contributed by atoms with van der Waals surface area (Å²) < 4.78 is 20.0. The fourth-order valence-corrected chi connectivity index (χ4v) is 3.20. The van der Waals surface area contributed by atoms with Gasteiger partial charge in [0.15, 0.2) is 5.78 Å². The molecule has 0 aliphatic rings. The highest BCUT2D eigenvalue weighted by molar-refractivity contribution is 6.03. The van der Waals surface area contributed by atoms with Gasteiger partial charge in [0, 0.05) is 12.0 Å². The Hall–Kier alpha value is -3.68. The van der Waals surface area contributed by atoms with Crippen molar-refractivity contribution in [2.45, 2.75) is 33.3 Å². The van der Waals surface area contributed by atoms with E-state index in [1.807, 2.05) is 13.8 Å². The van der Waals surface area contributed by atoms with Crippen LogP contribution in [0.15, 0.2) is 30.3 Å². The van der Waals surface area contributed by atoms with E-state index in [4.69, 9.17) is 14.2 Å². The first-order chi connectivity index (χ1) is 15.2. The largest absolute Gasteiger partial charge is 0.488 e. The first-order valence-electron chi connectivity index (χ1n) is 9.85. The molecule has 0 N–H and O–H groups in total. The number of rotatable bonds is 9. The molecule has 0 radical (unpaired) electrons. The topological polar surface area (TPSA) is 105 Å². The lowest BCUT2D eigenvalue weighted by molar-refractivity contribution is -0.140. The first kappa shape index (κ1) is 24.6. The molecule has 8 nitrogen and oxygen atoms in total. The van der Waals surface area contributed by atoms with Gasteiger partial charge < -0.3 is 18.9 Å². The van der Waals surface area contributed by atoms with Crippen molar-refractivity contribution >= 4 is 23.7 Å². The molecule has 8 heteroatoms. The highest BCUT2D eigenvalue weighted by Crippen LogP contribution is 2.27. The molecule has 0 heterocycles. The fourth-order valence-electron chi connectivity index (χ4n) is 3.20.